The number of nitrogens with one attached hydrogen (secondary N) is 1. The van der Waals surface area contributed by atoms with Gasteiger partial charge in [-0.3, -0.25) is 0 Å². The maximum Gasteiger partial charge on any atom is 0.126 e. The zero-order chi connectivity index (χ0) is 13.0. The molecular formula is C15H21N3. The fourth-order valence-electron chi connectivity index (χ4n) is 1.92. The largest absolute Gasteiger partial charge is 0.368 e. The first-order valence-electron chi connectivity index (χ1n) is 6.42. The molecule has 0 aliphatic rings. The number of aromatic nitrogens is 1. The molecule has 0 aliphatic heterocycles. The first kappa shape index (κ1) is 12.8. The fourth-order valence-corrected chi connectivity index (χ4v) is 1.92. The molecule has 0 radical (unpaired) electrons. The van der Waals surface area contributed by atoms with Crippen LogP contribution < -0.4 is 5.32 Å². The highest BCUT2D eigenvalue weighted by molar-refractivity contribution is 5.80. The quantitative estimate of drug-likeness (QED) is 0.875. The number of pyridine rings is 1. The first-order chi connectivity index (χ1) is 8.65. The number of benzene rings is 1. The summed E-state index contributed by atoms with van der Waals surface area (Å²) in [7, 11) is 4.20. The Kier molecular flexibility index (Phi) is 4.15. The molecule has 0 bridgehead atoms. The summed E-state index contributed by atoms with van der Waals surface area (Å²) in [4.78, 5) is 6.82. The van der Waals surface area contributed by atoms with Crippen LogP contribution in [0.25, 0.3) is 10.9 Å². The lowest BCUT2D eigenvalue weighted by Crippen LogP contribution is -2.23. The number of para-hydroxylation sites is 1. The number of hydrogen-bond donors (Lipinski definition) is 1. The second-order valence-electron chi connectivity index (χ2n) is 5.03. The normalized spacial score (nSPS) is 12.9. The molecule has 2 rings (SSSR count). The molecule has 0 amide bonds. The first-order valence-corrected chi connectivity index (χ1v) is 6.42. The molecule has 1 atom stereocenters. The molecule has 0 saturated heterocycles. The predicted molar refractivity (Wildman–Crippen MR) is 78.0 cm³/mol. The zero-order valence-corrected chi connectivity index (χ0v) is 11.4. The van der Waals surface area contributed by atoms with Crippen molar-refractivity contribution < 1.29 is 0 Å². The van der Waals surface area contributed by atoms with Crippen LogP contribution in [-0.2, 0) is 0 Å². The van der Waals surface area contributed by atoms with Crippen molar-refractivity contribution in [1.82, 2.24) is 9.88 Å². The van der Waals surface area contributed by atoms with E-state index in [-0.39, 0.29) is 0 Å². The lowest BCUT2D eigenvalue weighted by atomic mass is 10.2. The molecule has 1 unspecified atom stereocenters. The summed E-state index contributed by atoms with van der Waals surface area (Å²) < 4.78 is 0. The van der Waals surface area contributed by atoms with Gasteiger partial charge in [-0.05, 0) is 52.2 Å². The molecule has 3 nitrogen and oxygen atoms in total. The van der Waals surface area contributed by atoms with Gasteiger partial charge in [0.1, 0.15) is 5.82 Å². The standard InChI is InChI=1S/C15H21N3/c1-12(10-11-18(2)3)16-15-9-8-13-6-4-5-7-14(13)17-15/h4-9,12H,10-11H2,1-3H3,(H,16,17). The van der Waals surface area contributed by atoms with E-state index in [0.717, 1.165) is 24.3 Å². The topological polar surface area (TPSA) is 28.2 Å². The van der Waals surface area contributed by atoms with E-state index in [1.54, 1.807) is 0 Å². The molecule has 2 aromatic rings. The van der Waals surface area contributed by atoms with E-state index in [1.807, 2.05) is 18.2 Å². The summed E-state index contributed by atoms with van der Waals surface area (Å²) in [6.45, 7) is 3.28. The molecule has 0 saturated carbocycles. The van der Waals surface area contributed by atoms with Gasteiger partial charge in [0, 0.05) is 11.4 Å². The van der Waals surface area contributed by atoms with Gasteiger partial charge in [0.2, 0.25) is 0 Å². The highest BCUT2D eigenvalue weighted by atomic mass is 15.1. The molecule has 3 heteroatoms. The van der Waals surface area contributed by atoms with Gasteiger partial charge in [0.05, 0.1) is 5.52 Å². The lowest BCUT2D eigenvalue weighted by Gasteiger charge is -2.17. The molecule has 0 fully saturated rings. The number of nitrogens with zero attached hydrogens (tertiary/aromatic N) is 2. The minimum atomic E-state index is 0.432. The van der Waals surface area contributed by atoms with Crippen LogP contribution in [0.4, 0.5) is 5.82 Å². The van der Waals surface area contributed by atoms with Crippen molar-refractivity contribution in [1.29, 1.82) is 0 Å². The average Bonchev–Trinajstić information content (AvgIpc) is 2.36. The van der Waals surface area contributed by atoms with Gasteiger partial charge >= 0.3 is 0 Å². The Hall–Kier alpha value is -1.61. The smallest absolute Gasteiger partial charge is 0.126 e. The van der Waals surface area contributed by atoms with Gasteiger partial charge in [0.25, 0.3) is 0 Å². The van der Waals surface area contributed by atoms with E-state index in [2.05, 4.69) is 54.4 Å². The summed E-state index contributed by atoms with van der Waals surface area (Å²) in [6, 6.07) is 12.8. The molecule has 1 aromatic carbocycles. The van der Waals surface area contributed by atoms with Crippen molar-refractivity contribution in [2.75, 3.05) is 26.0 Å². The number of rotatable bonds is 5. The van der Waals surface area contributed by atoms with Crippen LogP contribution in [0.3, 0.4) is 0 Å². The lowest BCUT2D eigenvalue weighted by molar-refractivity contribution is 0.390. The molecule has 18 heavy (non-hydrogen) atoms. The van der Waals surface area contributed by atoms with Crippen LogP contribution in [-0.4, -0.2) is 36.6 Å². The van der Waals surface area contributed by atoms with Crippen LogP contribution in [0.1, 0.15) is 13.3 Å². The third-order valence-electron chi connectivity index (χ3n) is 3.00. The third kappa shape index (κ3) is 3.44. The maximum absolute atomic E-state index is 4.62. The van der Waals surface area contributed by atoms with Crippen molar-refractivity contribution in [3.63, 3.8) is 0 Å². The zero-order valence-electron chi connectivity index (χ0n) is 11.4. The minimum absolute atomic E-state index is 0.432. The van der Waals surface area contributed by atoms with E-state index < -0.39 is 0 Å². The second kappa shape index (κ2) is 5.83. The predicted octanol–water partition coefficient (Wildman–Crippen LogP) is 2.99. The molecule has 1 heterocycles. The molecule has 0 aliphatic carbocycles. The summed E-state index contributed by atoms with van der Waals surface area (Å²) in [5, 5.41) is 4.64. The Labute approximate surface area is 109 Å². The van der Waals surface area contributed by atoms with Crippen molar-refractivity contribution in [2.24, 2.45) is 0 Å². The van der Waals surface area contributed by atoms with Crippen molar-refractivity contribution in [2.45, 2.75) is 19.4 Å². The molecule has 1 N–H and O–H groups in total. The summed E-state index contributed by atoms with van der Waals surface area (Å²) in [5.74, 6) is 0.958. The maximum atomic E-state index is 4.62. The molecular weight excluding hydrogens is 222 g/mol. The van der Waals surface area contributed by atoms with Crippen LogP contribution >= 0.6 is 0 Å². The number of anilines is 1. The summed E-state index contributed by atoms with van der Waals surface area (Å²) >= 11 is 0. The van der Waals surface area contributed by atoms with Crippen molar-refractivity contribution in [3.8, 4) is 0 Å². The Morgan fingerprint density at radius 1 is 1.17 bits per heavy atom. The Morgan fingerprint density at radius 3 is 2.72 bits per heavy atom. The van der Waals surface area contributed by atoms with E-state index >= 15 is 0 Å². The minimum Gasteiger partial charge on any atom is -0.368 e. The van der Waals surface area contributed by atoms with Crippen LogP contribution in [0.5, 0.6) is 0 Å². The van der Waals surface area contributed by atoms with Gasteiger partial charge in [-0.15, -0.1) is 0 Å². The average molecular weight is 243 g/mol. The summed E-state index contributed by atoms with van der Waals surface area (Å²) in [5.41, 5.74) is 1.04. The molecule has 1 aromatic heterocycles. The third-order valence-corrected chi connectivity index (χ3v) is 3.00. The van der Waals surface area contributed by atoms with Gasteiger partial charge in [-0.2, -0.15) is 0 Å². The number of hydrogen-bond acceptors (Lipinski definition) is 3. The monoisotopic (exact) mass is 243 g/mol. The van der Waals surface area contributed by atoms with Gasteiger partial charge < -0.3 is 10.2 Å². The van der Waals surface area contributed by atoms with E-state index in [0.29, 0.717) is 6.04 Å². The summed E-state index contributed by atoms with van der Waals surface area (Å²) in [6.07, 6.45) is 1.11. The van der Waals surface area contributed by atoms with Crippen molar-refractivity contribution in [3.05, 3.63) is 36.4 Å². The molecule has 0 spiro atoms. The highest BCUT2D eigenvalue weighted by Crippen LogP contribution is 2.15. The SMILES string of the molecule is CC(CCN(C)C)Nc1ccc2ccccc2n1. The van der Waals surface area contributed by atoms with E-state index in [1.165, 1.54) is 5.39 Å². The highest BCUT2D eigenvalue weighted by Gasteiger charge is 2.04. The molecule has 96 valence electrons. The Balaban J connectivity index is 2.03. The van der Waals surface area contributed by atoms with E-state index in [4.69, 9.17) is 0 Å². The second-order valence-corrected chi connectivity index (χ2v) is 5.03. The van der Waals surface area contributed by atoms with Crippen molar-refractivity contribution >= 4 is 16.7 Å². The Bertz CT molecular complexity index is 508. The van der Waals surface area contributed by atoms with Crippen LogP contribution in [0, 0.1) is 0 Å². The van der Waals surface area contributed by atoms with Gasteiger partial charge in [-0.25, -0.2) is 4.98 Å². The van der Waals surface area contributed by atoms with E-state index in [9.17, 15) is 0 Å². The Morgan fingerprint density at radius 2 is 1.94 bits per heavy atom. The fraction of sp³-hybridized carbons (Fsp3) is 0.400. The van der Waals surface area contributed by atoms with Gasteiger partial charge in [0.15, 0.2) is 0 Å². The van der Waals surface area contributed by atoms with Crippen LogP contribution in [0.2, 0.25) is 0 Å². The van der Waals surface area contributed by atoms with Gasteiger partial charge in [-0.1, -0.05) is 18.2 Å². The van der Waals surface area contributed by atoms with Crippen LogP contribution in [0.15, 0.2) is 36.4 Å². The number of fused-ring (bicyclic) bond motifs is 1.